The van der Waals surface area contributed by atoms with Crippen LogP contribution < -0.4 is 0 Å². The molecule has 13 heavy (non-hydrogen) atoms. The van der Waals surface area contributed by atoms with Crippen molar-refractivity contribution >= 4 is 0 Å². The first-order valence-corrected chi connectivity index (χ1v) is 4.94. The van der Waals surface area contributed by atoms with E-state index in [-0.39, 0.29) is 0 Å². The average Bonchev–Trinajstić information content (AvgIpc) is 2.30. The van der Waals surface area contributed by atoms with E-state index in [1.807, 2.05) is 11.7 Å². The second-order valence-electron chi connectivity index (χ2n) is 4.61. The Labute approximate surface area is 81.0 Å². The van der Waals surface area contributed by atoms with Gasteiger partial charge in [-0.1, -0.05) is 27.2 Å². The normalized spacial score (nSPS) is 12.1. The molecular weight excluding hydrogens is 160 g/mol. The van der Waals surface area contributed by atoms with Gasteiger partial charge in [0, 0.05) is 13.2 Å². The molecule has 2 nitrogen and oxygen atoms in total. The number of aryl methyl sites for hydroxylation is 2. The molecule has 0 unspecified atom stereocenters. The van der Waals surface area contributed by atoms with Crippen LogP contribution in [0, 0.1) is 12.3 Å². The standard InChI is InChI=1S/C11H20N2/c1-6-11(3,4)7-10-8-13(5)12-9(10)2/h8H,6-7H2,1-5H3. The van der Waals surface area contributed by atoms with Crippen LogP contribution in [0.25, 0.3) is 0 Å². The van der Waals surface area contributed by atoms with E-state index < -0.39 is 0 Å². The molecule has 0 spiro atoms. The van der Waals surface area contributed by atoms with E-state index in [1.54, 1.807) is 0 Å². The van der Waals surface area contributed by atoms with Gasteiger partial charge in [-0.25, -0.2) is 0 Å². The predicted molar refractivity (Wildman–Crippen MR) is 55.7 cm³/mol. The van der Waals surface area contributed by atoms with Crippen LogP contribution in [0.1, 0.15) is 38.4 Å². The molecule has 1 heterocycles. The van der Waals surface area contributed by atoms with Crippen molar-refractivity contribution in [2.24, 2.45) is 12.5 Å². The molecule has 0 N–H and O–H groups in total. The third-order valence-corrected chi connectivity index (χ3v) is 2.74. The summed E-state index contributed by atoms with van der Waals surface area (Å²) >= 11 is 0. The highest BCUT2D eigenvalue weighted by atomic mass is 15.2. The highest BCUT2D eigenvalue weighted by Gasteiger charge is 2.18. The Hall–Kier alpha value is -0.790. The Balaban J connectivity index is 2.79. The molecule has 1 aromatic rings. The monoisotopic (exact) mass is 180 g/mol. The van der Waals surface area contributed by atoms with Gasteiger partial charge < -0.3 is 0 Å². The lowest BCUT2D eigenvalue weighted by Crippen LogP contribution is -2.13. The molecule has 1 aromatic heterocycles. The molecule has 0 aliphatic carbocycles. The summed E-state index contributed by atoms with van der Waals surface area (Å²) in [6, 6.07) is 0. The lowest BCUT2D eigenvalue weighted by atomic mass is 9.83. The Morgan fingerprint density at radius 2 is 2.08 bits per heavy atom. The van der Waals surface area contributed by atoms with E-state index >= 15 is 0 Å². The molecule has 0 atom stereocenters. The van der Waals surface area contributed by atoms with Gasteiger partial charge in [0.2, 0.25) is 0 Å². The van der Waals surface area contributed by atoms with Crippen molar-refractivity contribution in [3.63, 3.8) is 0 Å². The maximum absolute atomic E-state index is 4.35. The van der Waals surface area contributed by atoms with Crippen molar-refractivity contribution in [2.75, 3.05) is 0 Å². The van der Waals surface area contributed by atoms with E-state index in [9.17, 15) is 0 Å². The summed E-state index contributed by atoms with van der Waals surface area (Å²) in [4.78, 5) is 0. The summed E-state index contributed by atoms with van der Waals surface area (Å²) in [5.74, 6) is 0. The van der Waals surface area contributed by atoms with Crippen molar-refractivity contribution in [3.05, 3.63) is 17.5 Å². The number of aromatic nitrogens is 2. The Morgan fingerprint density at radius 1 is 1.46 bits per heavy atom. The van der Waals surface area contributed by atoms with Gasteiger partial charge in [-0.2, -0.15) is 5.10 Å². The van der Waals surface area contributed by atoms with Crippen LogP contribution in [-0.4, -0.2) is 9.78 Å². The van der Waals surface area contributed by atoms with Gasteiger partial charge in [0.15, 0.2) is 0 Å². The SMILES string of the molecule is CCC(C)(C)Cc1cn(C)nc1C. The third-order valence-electron chi connectivity index (χ3n) is 2.74. The second-order valence-corrected chi connectivity index (χ2v) is 4.61. The van der Waals surface area contributed by atoms with E-state index in [0.29, 0.717) is 5.41 Å². The minimum absolute atomic E-state index is 0.397. The van der Waals surface area contributed by atoms with Gasteiger partial charge in [0.25, 0.3) is 0 Å². The Bertz CT molecular complexity index is 284. The van der Waals surface area contributed by atoms with Crippen molar-refractivity contribution < 1.29 is 0 Å². The summed E-state index contributed by atoms with van der Waals surface area (Å²) in [5.41, 5.74) is 2.95. The quantitative estimate of drug-likeness (QED) is 0.699. The molecule has 0 amide bonds. The second kappa shape index (κ2) is 3.52. The third kappa shape index (κ3) is 2.58. The number of rotatable bonds is 3. The average molecular weight is 180 g/mol. The lowest BCUT2D eigenvalue weighted by molar-refractivity contribution is 0.348. The maximum atomic E-state index is 4.35. The van der Waals surface area contributed by atoms with Crippen molar-refractivity contribution in [2.45, 2.75) is 40.5 Å². The minimum atomic E-state index is 0.397. The molecule has 0 bridgehead atoms. The van der Waals surface area contributed by atoms with Crippen LogP contribution in [0.2, 0.25) is 0 Å². The van der Waals surface area contributed by atoms with Crippen LogP contribution >= 0.6 is 0 Å². The van der Waals surface area contributed by atoms with Crippen molar-refractivity contribution in [1.29, 1.82) is 0 Å². The predicted octanol–water partition coefficient (Wildman–Crippen LogP) is 2.71. The minimum Gasteiger partial charge on any atom is -0.275 e. The van der Waals surface area contributed by atoms with Gasteiger partial charge in [-0.3, -0.25) is 4.68 Å². The van der Waals surface area contributed by atoms with Crippen LogP contribution in [0.3, 0.4) is 0 Å². The molecule has 0 radical (unpaired) electrons. The van der Waals surface area contributed by atoms with Gasteiger partial charge in [0.05, 0.1) is 5.69 Å². The van der Waals surface area contributed by atoms with E-state index in [4.69, 9.17) is 0 Å². The summed E-state index contributed by atoms with van der Waals surface area (Å²) < 4.78 is 1.90. The molecule has 0 saturated carbocycles. The van der Waals surface area contributed by atoms with Gasteiger partial charge in [0.1, 0.15) is 0 Å². The molecular formula is C11H20N2. The van der Waals surface area contributed by atoms with Crippen molar-refractivity contribution in [1.82, 2.24) is 9.78 Å². The fraction of sp³-hybridized carbons (Fsp3) is 0.727. The molecule has 0 fully saturated rings. The van der Waals surface area contributed by atoms with Crippen molar-refractivity contribution in [3.8, 4) is 0 Å². The van der Waals surface area contributed by atoms with Crippen LogP contribution in [0.15, 0.2) is 6.20 Å². The zero-order valence-corrected chi connectivity index (χ0v) is 9.39. The lowest BCUT2D eigenvalue weighted by Gasteiger charge is -2.21. The van der Waals surface area contributed by atoms with Crippen LogP contribution in [0.4, 0.5) is 0 Å². The smallest absolute Gasteiger partial charge is 0.0625 e. The Kier molecular flexibility index (Phi) is 2.79. The van der Waals surface area contributed by atoms with Crippen LogP contribution in [0.5, 0.6) is 0 Å². The van der Waals surface area contributed by atoms with Crippen LogP contribution in [-0.2, 0) is 13.5 Å². The summed E-state index contributed by atoms with van der Waals surface area (Å²) in [7, 11) is 1.98. The zero-order chi connectivity index (χ0) is 10.1. The summed E-state index contributed by atoms with van der Waals surface area (Å²) in [5, 5.41) is 4.35. The zero-order valence-electron chi connectivity index (χ0n) is 9.39. The highest BCUT2D eigenvalue weighted by molar-refractivity contribution is 5.16. The highest BCUT2D eigenvalue weighted by Crippen LogP contribution is 2.26. The number of hydrogen-bond acceptors (Lipinski definition) is 1. The molecule has 2 heteroatoms. The summed E-state index contributed by atoms with van der Waals surface area (Å²) in [6.45, 7) is 8.94. The van der Waals surface area contributed by atoms with Gasteiger partial charge >= 0.3 is 0 Å². The molecule has 0 aliphatic heterocycles. The molecule has 74 valence electrons. The molecule has 0 aliphatic rings. The fourth-order valence-corrected chi connectivity index (χ4v) is 1.46. The topological polar surface area (TPSA) is 17.8 Å². The largest absolute Gasteiger partial charge is 0.275 e. The first-order chi connectivity index (χ1) is 5.94. The Morgan fingerprint density at radius 3 is 2.46 bits per heavy atom. The summed E-state index contributed by atoms with van der Waals surface area (Å²) in [6.07, 6.45) is 4.47. The fourth-order valence-electron chi connectivity index (χ4n) is 1.46. The van der Waals surface area contributed by atoms with Gasteiger partial charge in [-0.15, -0.1) is 0 Å². The van der Waals surface area contributed by atoms with E-state index in [1.165, 1.54) is 17.7 Å². The maximum Gasteiger partial charge on any atom is 0.0625 e. The van der Waals surface area contributed by atoms with E-state index in [2.05, 4.69) is 39.0 Å². The van der Waals surface area contributed by atoms with E-state index in [0.717, 1.165) is 6.42 Å². The first-order valence-electron chi connectivity index (χ1n) is 4.94. The number of nitrogens with zero attached hydrogens (tertiary/aromatic N) is 2. The van der Waals surface area contributed by atoms with Gasteiger partial charge in [-0.05, 0) is 24.3 Å². The molecule has 1 rings (SSSR count). The molecule has 0 saturated heterocycles. The number of hydrogen-bond donors (Lipinski definition) is 0. The molecule has 0 aromatic carbocycles. The first kappa shape index (κ1) is 10.3.